The zero-order chi connectivity index (χ0) is 23.9. The topological polar surface area (TPSA) is 87.1 Å². The number of hydrogen-bond acceptors (Lipinski definition) is 4. The molecule has 3 fully saturated rings. The molecule has 4 atom stereocenters. The molecule has 1 amide bonds. The number of halogens is 1. The van der Waals surface area contributed by atoms with Crippen LogP contribution in [-0.4, -0.2) is 52.3 Å². The Balaban J connectivity index is 1.58. The number of nitrogens with zero attached hydrogens (tertiary/aromatic N) is 1. The number of amides is 1. The van der Waals surface area contributed by atoms with Crippen molar-refractivity contribution in [2.75, 3.05) is 13.2 Å². The molecule has 2 saturated carbocycles. The molecule has 0 aromatic heterocycles. The number of benzene rings is 1. The van der Waals surface area contributed by atoms with E-state index in [-0.39, 0.29) is 29.9 Å². The zero-order valence-corrected chi connectivity index (χ0v) is 19.5. The van der Waals surface area contributed by atoms with Gasteiger partial charge >= 0.3 is 5.97 Å². The molecular weight excluding hydrogens is 425 g/mol. The van der Waals surface area contributed by atoms with Gasteiger partial charge in [-0.25, -0.2) is 9.18 Å². The third-order valence-electron chi connectivity index (χ3n) is 7.50. The second-order valence-corrected chi connectivity index (χ2v) is 10.4. The summed E-state index contributed by atoms with van der Waals surface area (Å²) in [7, 11) is 0. The van der Waals surface area contributed by atoms with Gasteiger partial charge in [0.2, 0.25) is 0 Å². The standard InChI is InChI=1S/C26H34FNO5/c1-4-26(11-15(2)7-16(3)12-26)14-33-23-10-21(27)20(9-19(23)17-5-6-17)24(30)28-13-18(29)8-22(28)25(31)32/h9-10,16-18,22,29H,2,4-8,11-14H2,1,3H3,(H,31,32)/t16?,18-,22-,26?/m0/s1. The van der Waals surface area contributed by atoms with Crippen LogP contribution in [0, 0.1) is 17.2 Å². The van der Waals surface area contributed by atoms with Gasteiger partial charge in [0.1, 0.15) is 17.6 Å². The molecule has 1 heterocycles. The number of hydrogen-bond donors (Lipinski definition) is 2. The van der Waals surface area contributed by atoms with Crippen molar-refractivity contribution >= 4 is 11.9 Å². The lowest BCUT2D eigenvalue weighted by atomic mass is 9.67. The lowest BCUT2D eigenvalue weighted by molar-refractivity contribution is -0.141. The summed E-state index contributed by atoms with van der Waals surface area (Å²) < 4.78 is 21.4. The van der Waals surface area contributed by atoms with E-state index in [1.54, 1.807) is 0 Å². The number of carboxylic acid groups (broad SMARTS) is 1. The first kappa shape index (κ1) is 23.7. The molecular formula is C26H34FNO5. The Kier molecular flexibility index (Phi) is 6.54. The van der Waals surface area contributed by atoms with Gasteiger partial charge < -0.3 is 19.8 Å². The van der Waals surface area contributed by atoms with Crippen LogP contribution in [0.3, 0.4) is 0 Å². The summed E-state index contributed by atoms with van der Waals surface area (Å²) in [6, 6.07) is 1.67. The number of carboxylic acids is 1. The molecule has 1 aromatic carbocycles. The maximum absolute atomic E-state index is 15.2. The number of β-amino-alcohol motifs (C(OH)–C–C–N with tert-alkyl or cyclic N) is 1. The molecule has 3 aliphatic rings. The minimum Gasteiger partial charge on any atom is -0.493 e. The fourth-order valence-electron chi connectivity index (χ4n) is 5.69. The van der Waals surface area contributed by atoms with E-state index in [9.17, 15) is 19.8 Å². The minimum absolute atomic E-state index is 0.0268. The van der Waals surface area contributed by atoms with Crippen LogP contribution in [0.25, 0.3) is 0 Å². The Morgan fingerprint density at radius 3 is 2.67 bits per heavy atom. The lowest BCUT2D eigenvalue weighted by Gasteiger charge is -2.40. The molecule has 180 valence electrons. The van der Waals surface area contributed by atoms with E-state index < -0.39 is 29.8 Å². The monoisotopic (exact) mass is 459 g/mol. The molecule has 1 saturated heterocycles. The van der Waals surface area contributed by atoms with Crippen molar-refractivity contribution in [2.24, 2.45) is 11.3 Å². The summed E-state index contributed by atoms with van der Waals surface area (Å²) in [5.74, 6) is -1.41. The molecule has 0 radical (unpaired) electrons. The van der Waals surface area contributed by atoms with Gasteiger partial charge in [-0.15, -0.1) is 0 Å². The van der Waals surface area contributed by atoms with Crippen LogP contribution in [0.5, 0.6) is 5.75 Å². The van der Waals surface area contributed by atoms with Crippen LogP contribution in [0.4, 0.5) is 4.39 Å². The second kappa shape index (κ2) is 9.09. The van der Waals surface area contributed by atoms with Gasteiger partial charge in [-0.1, -0.05) is 26.0 Å². The van der Waals surface area contributed by atoms with Gasteiger partial charge in [0.25, 0.3) is 5.91 Å². The molecule has 0 spiro atoms. The molecule has 2 N–H and O–H groups in total. The molecule has 2 aliphatic carbocycles. The predicted octanol–water partition coefficient (Wildman–Crippen LogP) is 4.51. The Morgan fingerprint density at radius 1 is 1.33 bits per heavy atom. The fraction of sp³-hybridized carbons (Fsp3) is 0.615. The molecule has 4 rings (SSSR count). The van der Waals surface area contributed by atoms with Crippen LogP contribution in [0.1, 0.15) is 80.6 Å². The van der Waals surface area contributed by atoms with Crippen LogP contribution >= 0.6 is 0 Å². The van der Waals surface area contributed by atoms with E-state index in [2.05, 4.69) is 20.4 Å². The van der Waals surface area contributed by atoms with Crippen LogP contribution in [0.15, 0.2) is 24.3 Å². The SMILES string of the molecule is C=C1CC(C)CC(CC)(COc2cc(F)c(C(=O)N3C[C@@H](O)C[C@H]3C(=O)O)cc2C2CC2)C1. The largest absolute Gasteiger partial charge is 0.493 e. The summed E-state index contributed by atoms with van der Waals surface area (Å²) in [6.45, 7) is 8.94. The van der Waals surface area contributed by atoms with E-state index in [1.165, 1.54) is 17.7 Å². The number of allylic oxidation sites excluding steroid dienone is 1. The number of carbonyl (C=O) groups is 2. The van der Waals surface area contributed by atoms with Crippen molar-refractivity contribution < 1.29 is 28.9 Å². The van der Waals surface area contributed by atoms with E-state index in [0.29, 0.717) is 18.3 Å². The molecule has 7 heteroatoms. The third-order valence-corrected chi connectivity index (χ3v) is 7.50. The summed E-state index contributed by atoms with van der Waals surface area (Å²) >= 11 is 0. The highest BCUT2D eigenvalue weighted by Crippen LogP contribution is 2.48. The molecule has 0 bridgehead atoms. The maximum atomic E-state index is 15.2. The van der Waals surface area contributed by atoms with Gasteiger partial charge in [-0.3, -0.25) is 4.79 Å². The first-order chi connectivity index (χ1) is 15.6. The summed E-state index contributed by atoms with van der Waals surface area (Å²) in [6.07, 6.45) is 4.83. The average Bonchev–Trinajstić information content (AvgIpc) is 3.51. The Bertz CT molecular complexity index is 958. The smallest absolute Gasteiger partial charge is 0.326 e. The zero-order valence-electron chi connectivity index (χ0n) is 19.5. The van der Waals surface area contributed by atoms with Crippen molar-refractivity contribution in [3.8, 4) is 5.75 Å². The minimum atomic E-state index is -1.20. The Labute approximate surface area is 194 Å². The van der Waals surface area contributed by atoms with Crippen molar-refractivity contribution in [3.05, 3.63) is 41.2 Å². The van der Waals surface area contributed by atoms with Crippen LogP contribution in [-0.2, 0) is 4.79 Å². The number of ether oxygens (including phenoxy) is 1. The van der Waals surface area contributed by atoms with Gasteiger partial charge in [-0.2, -0.15) is 0 Å². The van der Waals surface area contributed by atoms with E-state index in [0.717, 1.165) is 49.0 Å². The number of aliphatic carboxylic acids is 1. The van der Waals surface area contributed by atoms with Gasteiger partial charge in [-0.05, 0) is 62.0 Å². The molecule has 1 aliphatic heterocycles. The van der Waals surface area contributed by atoms with Crippen molar-refractivity contribution in [1.82, 2.24) is 4.90 Å². The number of aliphatic hydroxyl groups excluding tert-OH is 1. The highest BCUT2D eigenvalue weighted by atomic mass is 19.1. The quantitative estimate of drug-likeness (QED) is 0.586. The Morgan fingerprint density at radius 2 is 2.06 bits per heavy atom. The fourth-order valence-corrected chi connectivity index (χ4v) is 5.69. The molecule has 6 nitrogen and oxygen atoms in total. The summed E-state index contributed by atoms with van der Waals surface area (Å²) in [5.41, 5.74) is 1.85. The average molecular weight is 460 g/mol. The van der Waals surface area contributed by atoms with Crippen molar-refractivity contribution in [3.63, 3.8) is 0 Å². The van der Waals surface area contributed by atoms with Crippen LogP contribution in [0.2, 0.25) is 0 Å². The third kappa shape index (κ3) is 4.93. The van der Waals surface area contributed by atoms with Crippen molar-refractivity contribution in [2.45, 2.75) is 76.9 Å². The van der Waals surface area contributed by atoms with E-state index in [4.69, 9.17) is 4.74 Å². The predicted molar refractivity (Wildman–Crippen MR) is 122 cm³/mol. The molecule has 1 aromatic rings. The lowest BCUT2D eigenvalue weighted by Crippen LogP contribution is -2.41. The molecule has 33 heavy (non-hydrogen) atoms. The highest BCUT2D eigenvalue weighted by Gasteiger charge is 2.41. The van der Waals surface area contributed by atoms with Gasteiger partial charge in [0.15, 0.2) is 0 Å². The van der Waals surface area contributed by atoms with Gasteiger partial charge in [0.05, 0.1) is 18.3 Å². The summed E-state index contributed by atoms with van der Waals surface area (Å²) in [5, 5.41) is 19.3. The number of aliphatic hydroxyl groups is 1. The van der Waals surface area contributed by atoms with E-state index >= 15 is 4.39 Å². The highest BCUT2D eigenvalue weighted by molar-refractivity contribution is 5.97. The summed E-state index contributed by atoms with van der Waals surface area (Å²) in [4.78, 5) is 25.7. The number of likely N-dealkylation sites (tertiary alicyclic amines) is 1. The van der Waals surface area contributed by atoms with Gasteiger partial charge in [0, 0.05) is 24.4 Å². The first-order valence-electron chi connectivity index (χ1n) is 12.0. The normalized spacial score (nSPS) is 29.9. The van der Waals surface area contributed by atoms with Crippen molar-refractivity contribution in [1.29, 1.82) is 0 Å². The Hall–Kier alpha value is -2.41. The maximum Gasteiger partial charge on any atom is 0.326 e. The number of rotatable bonds is 7. The second-order valence-electron chi connectivity index (χ2n) is 10.4. The molecule has 2 unspecified atom stereocenters. The number of carbonyl (C=O) groups excluding carboxylic acids is 1. The van der Waals surface area contributed by atoms with Crippen LogP contribution < -0.4 is 4.74 Å². The first-order valence-corrected chi connectivity index (χ1v) is 12.0. The van der Waals surface area contributed by atoms with E-state index in [1.807, 2.05) is 0 Å².